The van der Waals surface area contributed by atoms with E-state index in [0.29, 0.717) is 30.2 Å². The molecule has 2 aromatic rings. The maximum Gasteiger partial charge on any atom is 0.238 e. The molecule has 156 valence electrons. The van der Waals surface area contributed by atoms with Crippen LogP contribution in [0.5, 0.6) is 23.0 Å². The molecule has 1 aliphatic rings. The van der Waals surface area contributed by atoms with Crippen molar-refractivity contribution in [1.29, 1.82) is 0 Å². The number of nitrogens with one attached hydrogen (secondary N) is 3. The number of carbonyl (C=O) groups is 1. The monoisotopic (exact) mass is 401 g/mol. The Morgan fingerprint density at radius 1 is 0.931 bits per heavy atom. The summed E-state index contributed by atoms with van der Waals surface area (Å²) < 4.78 is 21.3. The molecule has 3 N–H and O–H groups in total. The third kappa shape index (κ3) is 4.72. The van der Waals surface area contributed by atoms with Crippen LogP contribution in [0.25, 0.3) is 0 Å². The minimum Gasteiger partial charge on any atom is -0.497 e. The lowest BCUT2D eigenvalue weighted by Gasteiger charge is -2.15. The van der Waals surface area contributed by atoms with Gasteiger partial charge in [-0.15, -0.1) is 0 Å². The van der Waals surface area contributed by atoms with E-state index < -0.39 is 0 Å². The maximum absolute atomic E-state index is 12.6. The van der Waals surface area contributed by atoms with Crippen molar-refractivity contribution in [3.05, 3.63) is 47.5 Å². The van der Waals surface area contributed by atoms with E-state index in [-0.39, 0.29) is 18.0 Å². The standard InChI is InChI=1S/C21H27N3O5/c1-26-14-6-5-13(19(9-14)28-3)12-22-21(25)18-11-17(23-24-18)16-8-7-15(27-2)10-20(16)29-4/h5-10,17-18,23-24H,11-12H2,1-4H3,(H,22,25). The second kappa shape index (κ2) is 9.49. The van der Waals surface area contributed by atoms with E-state index in [1.165, 1.54) is 0 Å². The van der Waals surface area contributed by atoms with Gasteiger partial charge in [-0.3, -0.25) is 4.79 Å². The fourth-order valence-electron chi connectivity index (χ4n) is 3.34. The maximum atomic E-state index is 12.6. The quantitative estimate of drug-likeness (QED) is 0.623. The Morgan fingerprint density at radius 3 is 2.24 bits per heavy atom. The zero-order valence-corrected chi connectivity index (χ0v) is 17.1. The van der Waals surface area contributed by atoms with E-state index in [1.54, 1.807) is 34.5 Å². The lowest BCUT2D eigenvalue weighted by molar-refractivity contribution is -0.123. The second-order valence-electron chi connectivity index (χ2n) is 6.63. The highest BCUT2D eigenvalue weighted by atomic mass is 16.5. The highest BCUT2D eigenvalue weighted by molar-refractivity contribution is 5.82. The van der Waals surface area contributed by atoms with Gasteiger partial charge in [-0.25, -0.2) is 10.9 Å². The van der Waals surface area contributed by atoms with Crippen molar-refractivity contribution in [2.45, 2.75) is 25.0 Å². The number of ether oxygens (including phenoxy) is 4. The van der Waals surface area contributed by atoms with Gasteiger partial charge < -0.3 is 24.3 Å². The van der Waals surface area contributed by atoms with Gasteiger partial charge >= 0.3 is 0 Å². The Morgan fingerprint density at radius 2 is 1.59 bits per heavy atom. The molecule has 1 heterocycles. The molecule has 8 nitrogen and oxygen atoms in total. The zero-order chi connectivity index (χ0) is 20.8. The number of hydrogen-bond acceptors (Lipinski definition) is 7. The molecule has 1 fully saturated rings. The molecule has 2 atom stereocenters. The average molecular weight is 401 g/mol. The first-order valence-electron chi connectivity index (χ1n) is 9.31. The van der Waals surface area contributed by atoms with Crippen LogP contribution in [0, 0.1) is 0 Å². The normalized spacial score (nSPS) is 18.2. The van der Waals surface area contributed by atoms with Gasteiger partial charge in [0.25, 0.3) is 0 Å². The molecule has 1 aliphatic heterocycles. The van der Waals surface area contributed by atoms with Gasteiger partial charge in [-0.1, -0.05) is 6.07 Å². The predicted molar refractivity (Wildman–Crippen MR) is 108 cm³/mol. The van der Waals surface area contributed by atoms with Gasteiger partial charge in [0.15, 0.2) is 0 Å². The first-order valence-corrected chi connectivity index (χ1v) is 9.31. The summed E-state index contributed by atoms with van der Waals surface area (Å²) in [5.74, 6) is 2.72. The second-order valence-corrected chi connectivity index (χ2v) is 6.63. The molecule has 0 aliphatic carbocycles. The molecular formula is C21H27N3O5. The van der Waals surface area contributed by atoms with Gasteiger partial charge in [0, 0.05) is 29.8 Å². The van der Waals surface area contributed by atoms with Crippen molar-refractivity contribution >= 4 is 5.91 Å². The van der Waals surface area contributed by atoms with E-state index in [1.807, 2.05) is 30.3 Å². The van der Waals surface area contributed by atoms with Gasteiger partial charge in [-0.2, -0.15) is 0 Å². The van der Waals surface area contributed by atoms with E-state index in [4.69, 9.17) is 18.9 Å². The van der Waals surface area contributed by atoms with Crippen LogP contribution in [-0.2, 0) is 11.3 Å². The van der Waals surface area contributed by atoms with Crippen LogP contribution in [0.2, 0.25) is 0 Å². The minimum atomic E-state index is -0.365. The van der Waals surface area contributed by atoms with Crippen molar-refractivity contribution in [2.75, 3.05) is 28.4 Å². The summed E-state index contributed by atoms with van der Waals surface area (Å²) in [5, 5.41) is 2.96. The van der Waals surface area contributed by atoms with Gasteiger partial charge in [0.1, 0.15) is 29.0 Å². The molecule has 3 rings (SSSR count). The lowest BCUT2D eigenvalue weighted by atomic mass is 10.0. The molecule has 0 bridgehead atoms. The number of hydrazine groups is 1. The summed E-state index contributed by atoms with van der Waals surface area (Å²) in [5.41, 5.74) is 8.09. The first-order chi connectivity index (χ1) is 14.1. The van der Waals surface area contributed by atoms with Crippen LogP contribution in [0.3, 0.4) is 0 Å². The van der Waals surface area contributed by atoms with Crippen molar-refractivity contribution in [2.24, 2.45) is 0 Å². The Kier molecular flexibility index (Phi) is 6.79. The molecule has 0 spiro atoms. The summed E-state index contributed by atoms with van der Waals surface area (Å²) >= 11 is 0. The van der Waals surface area contributed by atoms with Crippen molar-refractivity contribution in [1.82, 2.24) is 16.2 Å². The smallest absolute Gasteiger partial charge is 0.238 e. The van der Waals surface area contributed by atoms with Gasteiger partial charge in [0.2, 0.25) is 5.91 Å². The number of hydrogen-bond donors (Lipinski definition) is 3. The Balaban J connectivity index is 1.61. The van der Waals surface area contributed by atoms with E-state index in [9.17, 15) is 4.79 Å². The lowest BCUT2D eigenvalue weighted by Crippen LogP contribution is -2.42. The largest absolute Gasteiger partial charge is 0.497 e. The van der Waals surface area contributed by atoms with Crippen LogP contribution in [0.1, 0.15) is 23.6 Å². The fourth-order valence-corrected chi connectivity index (χ4v) is 3.34. The molecular weight excluding hydrogens is 374 g/mol. The highest BCUT2D eigenvalue weighted by Gasteiger charge is 2.31. The molecule has 1 saturated heterocycles. The third-order valence-electron chi connectivity index (χ3n) is 4.98. The van der Waals surface area contributed by atoms with Crippen LogP contribution in [-0.4, -0.2) is 40.4 Å². The fraction of sp³-hybridized carbons (Fsp3) is 0.381. The predicted octanol–water partition coefficient (Wildman–Crippen LogP) is 1.94. The minimum absolute atomic E-state index is 0.0536. The van der Waals surface area contributed by atoms with Crippen LogP contribution < -0.4 is 35.1 Å². The first kappa shape index (κ1) is 20.8. The molecule has 0 radical (unpaired) electrons. The Labute approximate surface area is 170 Å². The van der Waals surface area contributed by atoms with Crippen LogP contribution >= 0.6 is 0 Å². The topological polar surface area (TPSA) is 90.1 Å². The average Bonchev–Trinajstić information content (AvgIpc) is 3.26. The number of rotatable bonds is 8. The highest BCUT2D eigenvalue weighted by Crippen LogP contribution is 2.33. The molecule has 0 aromatic heterocycles. The Hall–Kier alpha value is -2.97. The number of carbonyl (C=O) groups excluding carboxylic acids is 1. The van der Waals surface area contributed by atoms with Crippen molar-refractivity contribution in [3.63, 3.8) is 0 Å². The molecule has 8 heteroatoms. The van der Waals surface area contributed by atoms with Crippen LogP contribution in [0.4, 0.5) is 0 Å². The summed E-state index contributed by atoms with van der Waals surface area (Å²) in [7, 11) is 6.42. The van der Waals surface area contributed by atoms with Crippen LogP contribution in [0.15, 0.2) is 36.4 Å². The number of benzene rings is 2. The zero-order valence-electron chi connectivity index (χ0n) is 17.1. The summed E-state index contributed by atoms with van der Waals surface area (Å²) in [6.45, 7) is 0.362. The van der Waals surface area contributed by atoms with E-state index >= 15 is 0 Å². The summed E-state index contributed by atoms with van der Waals surface area (Å²) in [6, 6.07) is 10.7. The summed E-state index contributed by atoms with van der Waals surface area (Å²) in [6.07, 6.45) is 0.592. The molecule has 29 heavy (non-hydrogen) atoms. The van der Waals surface area contributed by atoms with Gasteiger partial charge in [-0.05, 0) is 24.6 Å². The number of amides is 1. The third-order valence-corrected chi connectivity index (χ3v) is 4.98. The number of methoxy groups -OCH3 is 4. The molecule has 0 saturated carbocycles. The van der Waals surface area contributed by atoms with Gasteiger partial charge in [0.05, 0.1) is 34.5 Å². The summed E-state index contributed by atoms with van der Waals surface area (Å²) in [4.78, 5) is 12.6. The molecule has 1 amide bonds. The molecule has 2 aromatic carbocycles. The van der Waals surface area contributed by atoms with Crippen molar-refractivity contribution < 1.29 is 23.7 Å². The van der Waals surface area contributed by atoms with E-state index in [0.717, 1.165) is 16.9 Å². The van der Waals surface area contributed by atoms with Crippen molar-refractivity contribution in [3.8, 4) is 23.0 Å². The SMILES string of the molecule is COc1ccc(CNC(=O)C2CC(c3ccc(OC)cc3OC)NN2)c(OC)c1. The van der Waals surface area contributed by atoms with E-state index in [2.05, 4.69) is 16.2 Å². The molecule has 2 unspecified atom stereocenters. The Bertz CT molecular complexity index is 858.